The van der Waals surface area contributed by atoms with Crippen LogP contribution in [0.3, 0.4) is 0 Å². The van der Waals surface area contributed by atoms with Gasteiger partial charge in [0.05, 0.1) is 0 Å². The number of amides is 2. The predicted octanol–water partition coefficient (Wildman–Crippen LogP) is 3.96. The molecule has 0 fully saturated rings. The zero-order valence-electron chi connectivity index (χ0n) is 11.6. The van der Waals surface area contributed by atoms with E-state index in [1.54, 1.807) is 6.20 Å². The summed E-state index contributed by atoms with van der Waals surface area (Å²) < 4.78 is 1.06. The molecule has 0 atom stereocenters. The average Bonchev–Trinajstić information content (AvgIpc) is 2.50. The molecule has 4 heteroatoms. The van der Waals surface area contributed by atoms with Crippen LogP contribution in [0.25, 0.3) is 6.08 Å². The van der Waals surface area contributed by atoms with E-state index in [9.17, 15) is 4.79 Å². The van der Waals surface area contributed by atoms with E-state index in [0.717, 1.165) is 16.5 Å². The maximum atomic E-state index is 11.6. The number of carbonyl (C=O) groups is 1. The number of hydrogen-bond acceptors (Lipinski definition) is 1. The van der Waals surface area contributed by atoms with Crippen molar-refractivity contribution < 1.29 is 4.79 Å². The van der Waals surface area contributed by atoms with Crippen molar-refractivity contribution in [1.82, 2.24) is 10.6 Å². The van der Waals surface area contributed by atoms with Gasteiger partial charge in [-0.3, -0.25) is 0 Å². The molecule has 0 aromatic heterocycles. The molecule has 0 spiro atoms. The van der Waals surface area contributed by atoms with Gasteiger partial charge in [-0.2, -0.15) is 0 Å². The minimum atomic E-state index is -0.195. The van der Waals surface area contributed by atoms with E-state index in [-0.39, 0.29) is 6.03 Å². The number of nitrogens with one attached hydrogen (secondary N) is 2. The first-order chi connectivity index (χ1) is 10.2. The van der Waals surface area contributed by atoms with Crippen molar-refractivity contribution in [2.75, 3.05) is 6.54 Å². The van der Waals surface area contributed by atoms with Gasteiger partial charge in [-0.05, 0) is 35.8 Å². The summed E-state index contributed by atoms with van der Waals surface area (Å²) in [6.45, 7) is 0.604. The van der Waals surface area contributed by atoms with Gasteiger partial charge in [-0.15, -0.1) is 0 Å². The van der Waals surface area contributed by atoms with Gasteiger partial charge in [0.2, 0.25) is 0 Å². The minimum absolute atomic E-state index is 0.195. The molecule has 2 aromatic carbocycles. The van der Waals surface area contributed by atoms with Crippen molar-refractivity contribution >= 4 is 28.0 Å². The van der Waals surface area contributed by atoms with Gasteiger partial charge in [-0.25, -0.2) is 4.79 Å². The van der Waals surface area contributed by atoms with Crippen molar-refractivity contribution in [3.05, 3.63) is 76.4 Å². The zero-order valence-corrected chi connectivity index (χ0v) is 13.1. The molecular weight excluding hydrogens is 328 g/mol. The smallest absolute Gasteiger partial charge is 0.318 e. The molecule has 3 nitrogen and oxygen atoms in total. The Hall–Kier alpha value is -2.07. The third-order valence-corrected chi connectivity index (χ3v) is 3.43. The molecule has 21 heavy (non-hydrogen) atoms. The predicted molar refractivity (Wildman–Crippen MR) is 89.9 cm³/mol. The van der Waals surface area contributed by atoms with Gasteiger partial charge in [0.1, 0.15) is 0 Å². The Balaban J connectivity index is 1.68. The fraction of sp³-hybridized carbons (Fsp3) is 0.118. The first-order valence-electron chi connectivity index (χ1n) is 6.74. The number of benzene rings is 2. The number of hydrogen-bond donors (Lipinski definition) is 2. The average molecular weight is 345 g/mol. The highest BCUT2D eigenvalue weighted by atomic mass is 79.9. The van der Waals surface area contributed by atoms with Gasteiger partial charge >= 0.3 is 6.03 Å². The van der Waals surface area contributed by atoms with Crippen LogP contribution in [0.1, 0.15) is 11.1 Å². The largest absolute Gasteiger partial charge is 0.338 e. The van der Waals surface area contributed by atoms with Crippen LogP contribution in [0.4, 0.5) is 4.79 Å². The Labute approximate surface area is 133 Å². The normalized spacial score (nSPS) is 10.5. The fourth-order valence-corrected chi connectivity index (χ4v) is 2.06. The highest BCUT2D eigenvalue weighted by molar-refractivity contribution is 9.10. The van der Waals surface area contributed by atoms with Crippen LogP contribution < -0.4 is 10.6 Å². The van der Waals surface area contributed by atoms with Gasteiger partial charge < -0.3 is 10.6 Å². The molecule has 2 aromatic rings. The highest BCUT2D eigenvalue weighted by Crippen LogP contribution is 2.10. The van der Waals surface area contributed by atoms with Crippen molar-refractivity contribution in [2.45, 2.75) is 6.42 Å². The Morgan fingerprint density at radius 3 is 2.48 bits per heavy atom. The minimum Gasteiger partial charge on any atom is -0.338 e. The molecule has 0 aliphatic rings. The van der Waals surface area contributed by atoms with Crippen LogP contribution in [0.5, 0.6) is 0 Å². The molecule has 2 N–H and O–H groups in total. The number of halogens is 1. The van der Waals surface area contributed by atoms with Gasteiger partial charge in [0.15, 0.2) is 0 Å². The summed E-state index contributed by atoms with van der Waals surface area (Å²) in [7, 11) is 0. The van der Waals surface area contributed by atoms with Crippen molar-refractivity contribution in [1.29, 1.82) is 0 Å². The summed E-state index contributed by atoms with van der Waals surface area (Å²) in [6.07, 6.45) is 4.31. The maximum absolute atomic E-state index is 11.6. The van der Waals surface area contributed by atoms with Crippen molar-refractivity contribution in [3.8, 4) is 0 Å². The quantitative estimate of drug-likeness (QED) is 0.846. The van der Waals surface area contributed by atoms with Gasteiger partial charge in [0.25, 0.3) is 0 Å². The van der Waals surface area contributed by atoms with E-state index in [1.165, 1.54) is 5.56 Å². The molecule has 0 aliphatic carbocycles. The fourth-order valence-electron chi connectivity index (χ4n) is 1.80. The summed E-state index contributed by atoms with van der Waals surface area (Å²) in [5.41, 5.74) is 2.24. The summed E-state index contributed by atoms with van der Waals surface area (Å²) in [5, 5.41) is 5.51. The molecule has 0 heterocycles. The first kappa shape index (κ1) is 15.3. The third kappa shape index (κ3) is 5.83. The number of urea groups is 1. The van der Waals surface area contributed by atoms with E-state index in [0.29, 0.717) is 6.54 Å². The molecule has 2 rings (SSSR count). The first-order valence-corrected chi connectivity index (χ1v) is 7.54. The highest BCUT2D eigenvalue weighted by Gasteiger charge is 1.97. The summed E-state index contributed by atoms with van der Waals surface area (Å²) in [6, 6.07) is 17.7. The standard InChI is InChI=1S/C17H17BrN2O/c18-16-8-6-15(7-9-16)11-13-20-17(21)19-12-10-14-4-2-1-3-5-14/h1-10,12H,11,13H2,(H2,19,20,21)/b12-10+. The molecule has 0 radical (unpaired) electrons. The lowest BCUT2D eigenvalue weighted by Gasteiger charge is -2.05. The SMILES string of the molecule is O=C(N/C=C/c1ccccc1)NCCc1ccc(Br)cc1. The maximum Gasteiger partial charge on any atom is 0.318 e. The Morgan fingerprint density at radius 1 is 1.05 bits per heavy atom. The second kappa shape index (κ2) is 8.27. The molecule has 0 saturated heterocycles. The van der Waals surface area contributed by atoms with Crippen LogP contribution >= 0.6 is 15.9 Å². The zero-order chi connectivity index (χ0) is 14.9. The Morgan fingerprint density at radius 2 is 1.76 bits per heavy atom. The van der Waals surface area contributed by atoms with Crippen LogP contribution in [-0.2, 0) is 6.42 Å². The van der Waals surface area contributed by atoms with Crippen LogP contribution in [0.15, 0.2) is 65.3 Å². The molecule has 0 aliphatic heterocycles. The van der Waals surface area contributed by atoms with Crippen molar-refractivity contribution in [3.63, 3.8) is 0 Å². The summed E-state index contributed by atoms with van der Waals surface area (Å²) in [4.78, 5) is 11.6. The Bertz CT molecular complexity index is 594. The molecule has 0 saturated carbocycles. The number of rotatable bonds is 5. The molecule has 2 amide bonds. The van der Waals surface area contributed by atoms with Gasteiger partial charge in [0, 0.05) is 17.2 Å². The number of carbonyl (C=O) groups excluding carboxylic acids is 1. The lowest BCUT2D eigenvalue weighted by molar-refractivity contribution is 0.244. The second-order valence-corrected chi connectivity index (χ2v) is 5.44. The second-order valence-electron chi connectivity index (χ2n) is 4.52. The van der Waals surface area contributed by atoms with E-state index in [4.69, 9.17) is 0 Å². The summed E-state index contributed by atoms with van der Waals surface area (Å²) in [5.74, 6) is 0. The van der Waals surface area contributed by atoms with Crippen LogP contribution in [0.2, 0.25) is 0 Å². The molecule has 108 valence electrons. The summed E-state index contributed by atoms with van der Waals surface area (Å²) >= 11 is 3.40. The third-order valence-electron chi connectivity index (χ3n) is 2.90. The topological polar surface area (TPSA) is 41.1 Å². The van der Waals surface area contributed by atoms with Gasteiger partial charge in [-0.1, -0.05) is 58.4 Å². The molecule has 0 bridgehead atoms. The van der Waals surface area contributed by atoms with E-state index in [2.05, 4.69) is 26.6 Å². The van der Waals surface area contributed by atoms with E-state index >= 15 is 0 Å². The van der Waals surface area contributed by atoms with Crippen LogP contribution in [-0.4, -0.2) is 12.6 Å². The lowest BCUT2D eigenvalue weighted by Crippen LogP contribution is -2.33. The van der Waals surface area contributed by atoms with E-state index < -0.39 is 0 Å². The monoisotopic (exact) mass is 344 g/mol. The van der Waals surface area contributed by atoms with E-state index in [1.807, 2.05) is 60.7 Å². The molecular formula is C17H17BrN2O. The van der Waals surface area contributed by atoms with Crippen LogP contribution in [0, 0.1) is 0 Å². The lowest BCUT2D eigenvalue weighted by atomic mass is 10.1. The molecule has 0 unspecified atom stereocenters. The Kier molecular flexibility index (Phi) is 6.03. The van der Waals surface area contributed by atoms with Crippen molar-refractivity contribution in [2.24, 2.45) is 0 Å².